The molecule has 0 saturated carbocycles. The van der Waals surface area contributed by atoms with Crippen LogP contribution in [-0.2, 0) is 0 Å². The molecule has 0 aliphatic carbocycles. The van der Waals surface area contributed by atoms with Crippen LogP contribution in [-0.4, -0.2) is 15.8 Å². The van der Waals surface area contributed by atoms with E-state index in [0.29, 0.717) is 0 Å². The van der Waals surface area contributed by atoms with Crippen molar-refractivity contribution in [3.8, 4) is 0 Å². The maximum atomic E-state index is 4.58. The van der Waals surface area contributed by atoms with Gasteiger partial charge < -0.3 is 5.43 Å². The van der Waals surface area contributed by atoms with Crippen molar-refractivity contribution >= 4 is 5.84 Å². The smallest absolute Gasteiger partial charge is 0.163 e. The number of aliphatic imine (C=N–C) groups is 1. The van der Waals surface area contributed by atoms with Gasteiger partial charge in [0.25, 0.3) is 0 Å². The number of hydrogen-bond donors (Lipinski definition) is 2. The molecule has 0 saturated heterocycles. The van der Waals surface area contributed by atoms with E-state index in [4.69, 9.17) is 0 Å². The van der Waals surface area contributed by atoms with Gasteiger partial charge in [-0.25, -0.2) is 15.4 Å². The van der Waals surface area contributed by atoms with Crippen LogP contribution < -0.4 is 10.9 Å². The van der Waals surface area contributed by atoms with Crippen molar-refractivity contribution in [1.82, 2.24) is 20.8 Å². The number of hydrogen-bond acceptors (Lipinski definition) is 5. The van der Waals surface area contributed by atoms with Gasteiger partial charge in [-0.15, -0.1) is 0 Å². The molecule has 3 rings (SSSR count). The van der Waals surface area contributed by atoms with Crippen molar-refractivity contribution in [1.29, 1.82) is 0 Å². The van der Waals surface area contributed by atoms with Gasteiger partial charge in [0.15, 0.2) is 12.0 Å². The minimum absolute atomic E-state index is 0.169. The molecule has 1 unspecified atom stereocenters. The van der Waals surface area contributed by atoms with Gasteiger partial charge in [-0.2, -0.15) is 0 Å². The Kier molecular flexibility index (Phi) is 2.97. The van der Waals surface area contributed by atoms with E-state index in [9.17, 15) is 0 Å². The predicted octanol–water partition coefficient (Wildman–Crippen LogP) is 1.65. The maximum absolute atomic E-state index is 4.58. The molecule has 3 heterocycles. The number of nitrogens with zero attached hydrogens (tertiary/aromatic N) is 3. The Morgan fingerprint density at radius 2 is 1.68 bits per heavy atom. The van der Waals surface area contributed by atoms with Crippen LogP contribution in [0.3, 0.4) is 0 Å². The van der Waals surface area contributed by atoms with Crippen LogP contribution in [0, 0.1) is 13.8 Å². The van der Waals surface area contributed by atoms with Gasteiger partial charge in [0.05, 0.1) is 5.69 Å². The highest BCUT2D eigenvalue weighted by atomic mass is 15.5. The summed E-state index contributed by atoms with van der Waals surface area (Å²) in [6, 6.07) is 11.8. The summed E-state index contributed by atoms with van der Waals surface area (Å²) in [6.45, 7) is 3.94. The summed E-state index contributed by atoms with van der Waals surface area (Å²) < 4.78 is 0. The standard InChI is InChI=1S/C14H15N5/c1-9-5-3-7-11(15-9)13-17-14(19-18-13)12-8-4-6-10(2)16-12/h3-8,13,18H,1-2H3,(H,17,19). The van der Waals surface area contributed by atoms with Crippen molar-refractivity contribution < 1.29 is 0 Å². The highest BCUT2D eigenvalue weighted by Crippen LogP contribution is 2.16. The van der Waals surface area contributed by atoms with Crippen molar-refractivity contribution in [2.75, 3.05) is 0 Å². The third-order valence-corrected chi connectivity index (χ3v) is 2.91. The van der Waals surface area contributed by atoms with Crippen LogP contribution in [0.2, 0.25) is 0 Å². The fourth-order valence-corrected chi connectivity index (χ4v) is 1.99. The van der Waals surface area contributed by atoms with E-state index in [1.165, 1.54) is 0 Å². The second-order valence-corrected chi connectivity index (χ2v) is 4.52. The third kappa shape index (κ3) is 2.46. The van der Waals surface area contributed by atoms with Crippen LogP contribution in [0.4, 0.5) is 0 Å². The zero-order valence-corrected chi connectivity index (χ0v) is 10.9. The van der Waals surface area contributed by atoms with E-state index < -0.39 is 0 Å². The molecule has 1 atom stereocenters. The minimum Gasteiger partial charge on any atom is -0.302 e. The van der Waals surface area contributed by atoms with Gasteiger partial charge in [0, 0.05) is 11.4 Å². The predicted molar refractivity (Wildman–Crippen MR) is 73.5 cm³/mol. The van der Waals surface area contributed by atoms with Gasteiger partial charge in [-0.1, -0.05) is 12.1 Å². The SMILES string of the molecule is Cc1cccc(C2=NC(c3cccc(C)n3)NN2)n1. The summed E-state index contributed by atoms with van der Waals surface area (Å²) >= 11 is 0. The Hall–Kier alpha value is -2.27. The van der Waals surface area contributed by atoms with Gasteiger partial charge in [0.1, 0.15) is 5.69 Å². The molecule has 2 aromatic rings. The van der Waals surface area contributed by atoms with Crippen LogP contribution in [0.25, 0.3) is 0 Å². The van der Waals surface area contributed by atoms with Crippen LogP contribution in [0.1, 0.15) is 28.9 Å². The normalized spacial score (nSPS) is 18.0. The third-order valence-electron chi connectivity index (χ3n) is 2.91. The monoisotopic (exact) mass is 253 g/mol. The van der Waals surface area contributed by atoms with Crippen molar-refractivity contribution in [3.05, 3.63) is 59.2 Å². The first-order valence-corrected chi connectivity index (χ1v) is 6.19. The molecule has 1 aliphatic heterocycles. The molecule has 1 aliphatic rings. The van der Waals surface area contributed by atoms with Gasteiger partial charge in [0.2, 0.25) is 0 Å². The molecule has 0 bridgehead atoms. The first kappa shape index (κ1) is 11.8. The lowest BCUT2D eigenvalue weighted by Crippen LogP contribution is -2.32. The largest absolute Gasteiger partial charge is 0.302 e. The number of aromatic nitrogens is 2. The molecule has 5 nitrogen and oxygen atoms in total. The van der Waals surface area contributed by atoms with Crippen molar-refractivity contribution in [3.63, 3.8) is 0 Å². The summed E-state index contributed by atoms with van der Waals surface area (Å²) in [5.41, 5.74) is 9.87. The first-order chi connectivity index (χ1) is 9.22. The van der Waals surface area contributed by atoms with Gasteiger partial charge in [-0.05, 0) is 38.1 Å². The fraction of sp³-hybridized carbons (Fsp3) is 0.214. The molecule has 2 N–H and O–H groups in total. The second kappa shape index (κ2) is 4.78. The number of rotatable bonds is 2. The number of nitrogens with one attached hydrogen (secondary N) is 2. The molecule has 5 heteroatoms. The summed E-state index contributed by atoms with van der Waals surface area (Å²) in [4.78, 5) is 13.5. The van der Waals surface area contributed by atoms with E-state index in [0.717, 1.165) is 28.6 Å². The van der Waals surface area contributed by atoms with E-state index >= 15 is 0 Å². The number of hydrazine groups is 1. The van der Waals surface area contributed by atoms with Crippen LogP contribution in [0.15, 0.2) is 41.4 Å². The van der Waals surface area contributed by atoms with Gasteiger partial charge >= 0.3 is 0 Å². The molecular formula is C14H15N5. The second-order valence-electron chi connectivity index (χ2n) is 4.52. The molecule has 96 valence electrons. The highest BCUT2D eigenvalue weighted by Gasteiger charge is 2.20. The molecular weight excluding hydrogens is 238 g/mol. The summed E-state index contributed by atoms with van der Waals surface area (Å²) in [5.74, 6) is 0.747. The topological polar surface area (TPSA) is 62.2 Å². The number of pyridine rings is 2. The Labute approximate surface area is 111 Å². The van der Waals surface area contributed by atoms with Crippen LogP contribution in [0.5, 0.6) is 0 Å². The van der Waals surface area contributed by atoms with Crippen molar-refractivity contribution in [2.45, 2.75) is 20.0 Å². The Bertz CT molecular complexity index is 635. The zero-order valence-electron chi connectivity index (χ0n) is 10.9. The van der Waals surface area contributed by atoms with E-state index in [2.05, 4.69) is 25.8 Å². The highest BCUT2D eigenvalue weighted by molar-refractivity contribution is 5.97. The Morgan fingerprint density at radius 3 is 2.42 bits per heavy atom. The Balaban J connectivity index is 1.89. The number of amidine groups is 1. The molecule has 2 aromatic heterocycles. The average Bonchev–Trinajstić information content (AvgIpc) is 2.88. The molecule has 0 radical (unpaired) electrons. The van der Waals surface area contributed by atoms with Gasteiger partial charge in [-0.3, -0.25) is 4.98 Å². The fourth-order valence-electron chi connectivity index (χ4n) is 1.99. The summed E-state index contributed by atoms with van der Waals surface area (Å²) in [5, 5.41) is 0. The molecule has 0 amide bonds. The summed E-state index contributed by atoms with van der Waals surface area (Å²) in [6.07, 6.45) is -0.169. The minimum atomic E-state index is -0.169. The van der Waals surface area contributed by atoms with E-state index in [1.54, 1.807) is 0 Å². The Morgan fingerprint density at radius 1 is 0.947 bits per heavy atom. The van der Waals surface area contributed by atoms with E-state index in [1.807, 2.05) is 50.2 Å². The first-order valence-electron chi connectivity index (χ1n) is 6.19. The van der Waals surface area contributed by atoms with E-state index in [-0.39, 0.29) is 6.17 Å². The lowest BCUT2D eigenvalue weighted by Gasteiger charge is -2.06. The lowest BCUT2D eigenvalue weighted by molar-refractivity contribution is 0.560. The quantitative estimate of drug-likeness (QED) is 0.854. The zero-order chi connectivity index (χ0) is 13.2. The van der Waals surface area contributed by atoms with Crippen molar-refractivity contribution in [2.24, 2.45) is 4.99 Å². The number of aryl methyl sites for hydroxylation is 2. The lowest BCUT2D eigenvalue weighted by atomic mass is 10.2. The molecule has 19 heavy (non-hydrogen) atoms. The maximum Gasteiger partial charge on any atom is 0.163 e. The molecule has 0 spiro atoms. The molecule has 0 aromatic carbocycles. The van der Waals surface area contributed by atoms with Crippen LogP contribution >= 0.6 is 0 Å². The average molecular weight is 253 g/mol. The molecule has 0 fully saturated rings. The summed E-state index contributed by atoms with van der Waals surface area (Å²) in [7, 11) is 0.